The molecule has 8 nitrogen and oxygen atoms in total. The van der Waals surface area contributed by atoms with E-state index in [1.807, 2.05) is 53.9 Å². The fourth-order valence-corrected chi connectivity index (χ4v) is 5.43. The number of ether oxygens (including phenoxy) is 2. The van der Waals surface area contributed by atoms with Crippen molar-refractivity contribution in [3.63, 3.8) is 0 Å². The van der Waals surface area contributed by atoms with Crippen LogP contribution in [0.25, 0.3) is 21.8 Å². The molecule has 0 spiro atoms. The predicted octanol–water partition coefficient (Wildman–Crippen LogP) is 5.80. The molecular weight excluding hydrogens is 514 g/mol. The van der Waals surface area contributed by atoms with Crippen LogP contribution in [0.3, 0.4) is 0 Å². The van der Waals surface area contributed by atoms with Gasteiger partial charge in [0.1, 0.15) is 5.01 Å². The van der Waals surface area contributed by atoms with Crippen LogP contribution in [0.1, 0.15) is 46.1 Å². The molecule has 0 bridgehead atoms. The van der Waals surface area contributed by atoms with Gasteiger partial charge in [-0.1, -0.05) is 30.3 Å². The SMILES string of the molecule is CCOC(=O)C1=C(C)NC(C)=C(C(=O)OCC)C1c1cccc(-c2nc(-c3ccc(NC(C)=O)cc3)cs2)c1. The van der Waals surface area contributed by atoms with E-state index < -0.39 is 17.9 Å². The average molecular weight is 546 g/mol. The standard InChI is InChI=1S/C30H31N3O5S/c1-6-37-29(35)25-17(3)31-18(4)26(30(36)38-7-2)27(25)21-9-8-10-22(15-21)28-33-24(16-39-28)20-11-13-23(14-12-20)32-19(5)34/h8-16,27,31H,6-7H2,1-5H3,(H,32,34). The minimum Gasteiger partial charge on any atom is -0.463 e. The number of carbonyl (C=O) groups is 3. The molecule has 4 rings (SSSR count). The van der Waals surface area contributed by atoms with Gasteiger partial charge in [0, 0.05) is 40.5 Å². The van der Waals surface area contributed by atoms with Crippen molar-refractivity contribution in [1.29, 1.82) is 0 Å². The van der Waals surface area contributed by atoms with Crippen molar-refractivity contribution in [3.05, 3.63) is 82.0 Å². The molecule has 2 aromatic carbocycles. The van der Waals surface area contributed by atoms with Gasteiger partial charge in [0.2, 0.25) is 5.91 Å². The summed E-state index contributed by atoms with van der Waals surface area (Å²) in [5.41, 5.74) is 6.09. The third-order valence-electron chi connectivity index (χ3n) is 6.22. The Labute approximate surface area is 231 Å². The molecule has 1 aliphatic rings. The van der Waals surface area contributed by atoms with Crippen molar-refractivity contribution < 1.29 is 23.9 Å². The first-order chi connectivity index (χ1) is 18.7. The van der Waals surface area contributed by atoms with E-state index in [0.29, 0.717) is 22.5 Å². The number of thiazole rings is 1. The number of benzene rings is 2. The maximum atomic E-state index is 13.1. The van der Waals surface area contributed by atoms with Gasteiger partial charge in [-0.05, 0) is 51.5 Å². The van der Waals surface area contributed by atoms with Crippen molar-refractivity contribution in [2.24, 2.45) is 0 Å². The molecule has 0 fully saturated rings. The van der Waals surface area contributed by atoms with Gasteiger partial charge in [0.05, 0.1) is 36.0 Å². The first kappa shape index (κ1) is 27.8. The highest BCUT2D eigenvalue weighted by molar-refractivity contribution is 7.13. The number of aromatic nitrogens is 1. The maximum Gasteiger partial charge on any atom is 0.336 e. The second kappa shape index (κ2) is 12.1. The average Bonchev–Trinajstić information content (AvgIpc) is 3.39. The number of allylic oxidation sites excluding steroid dienone is 2. The van der Waals surface area contributed by atoms with Gasteiger partial charge in [-0.3, -0.25) is 4.79 Å². The Morgan fingerprint density at radius 1 is 0.923 bits per heavy atom. The van der Waals surface area contributed by atoms with Gasteiger partial charge in [0.15, 0.2) is 0 Å². The van der Waals surface area contributed by atoms with Crippen molar-refractivity contribution in [3.8, 4) is 21.8 Å². The summed E-state index contributed by atoms with van der Waals surface area (Å²) in [7, 11) is 0. The van der Waals surface area contributed by atoms with E-state index in [1.54, 1.807) is 27.7 Å². The van der Waals surface area contributed by atoms with Gasteiger partial charge >= 0.3 is 11.9 Å². The first-order valence-electron chi connectivity index (χ1n) is 12.7. The second-order valence-corrected chi connectivity index (χ2v) is 9.86. The van der Waals surface area contributed by atoms with Gasteiger partial charge in [-0.2, -0.15) is 0 Å². The van der Waals surface area contributed by atoms with Crippen LogP contribution >= 0.6 is 11.3 Å². The van der Waals surface area contributed by atoms with Crippen LogP contribution in [0.15, 0.2) is 76.5 Å². The number of anilines is 1. The van der Waals surface area contributed by atoms with Gasteiger partial charge in [-0.25, -0.2) is 14.6 Å². The lowest BCUT2D eigenvalue weighted by Gasteiger charge is -2.30. The van der Waals surface area contributed by atoms with Crippen molar-refractivity contribution in [2.45, 2.75) is 40.5 Å². The van der Waals surface area contributed by atoms with E-state index in [9.17, 15) is 14.4 Å². The fourth-order valence-electron chi connectivity index (χ4n) is 4.60. The summed E-state index contributed by atoms with van der Waals surface area (Å²) >= 11 is 1.50. The van der Waals surface area contributed by atoms with Crippen molar-refractivity contribution >= 4 is 34.9 Å². The zero-order chi connectivity index (χ0) is 28.1. The minimum absolute atomic E-state index is 0.125. The summed E-state index contributed by atoms with van der Waals surface area (Å²) < 4.78 is 10.8. The molecule has 39 heavy (non-hydrogen) atoms. The molecule has 0 unspecified atom stereocenters. The highest BCUT2D eigenvalue weighted by atomic mass is 32.1. The Kier molecular flexibility index (Phi) is 8.61. The lowest BCUT2D eigenvalue weighted by molar-refractivity contribution is -0.139. The molecular formula is C30H31N3O5S. The largest absolute Gasteiger partial charge is 0.463 e. The van der Waals surface area contributed by atoms with E-state index in [0.717, 1.165) is 33.1 Å². The molecule has 2 heterocycles. The smallest absolute Gasteiger partial charge is 0.336 e. The number of hydrogen-bond acceptors (Lipinski definition) is 8. The lowest BCUT2D eigenvalue weighted by Crippen LogP contribution is -2.32. The molecule has 1 aromatic heterocycles. The third-order valence-corrected chi connectivity index (χ3v) is 7.11. The number of hydrogen-bond donors (Lipinski definition) is 2. The number of rotatable bonds is 8. The number of amides is 1. The second-order valence-electron chi connectivity index (χ2n) is 9.00. The van der Waals surface area contributed by atoms with E-state index in [4.69, 9.17) is 14.5 Å². The van der Waals surface area contributed by atoms with E-state index >= 15 is 0 Å². The normalized spacial score (nSPS) is 13.7. The first-order valence-corrected chi connectivity index (χ1v) is 13.6. The zero-order valence-electron chi connectivity index (χ0n) is 22.6. The van der Waals surface area contributed by atoms with Gasteiger partial charge in [-0.15, -0.1) is 11.3 Å². The summed E-state index contributed by atoms with van der Waals surface area (Å²) in [6.07, 6.45) is 0. The maximum absolute atomic E-state index is 13.1. The Hall–Kier alpha value is -4.24. The van der Waals surface area contributed by atoms with Crippen LogP contribution in [0, 0.1) is 0 Å². The molecule has 0 saturated carbocycles. The molecule has 0 radical (unpaired) electrons. The Balaban J connectivity index is 1.73. The van der Waals surface area contributed by atoms with E-state index in [-0.39, 0.29) is 19.1 Å². The quantitative estimate of drug-likeness (QED) is 0.345. The number of nitrogens with one attached hydrogen (secondary N) is 2. The van der Waals surface area contributed by atoms with Crippen molar-refractivity contribution in [2.75, 3.05) is 18.5 Å². The summed E-state index contributed by atoms with van der Waals surface area (Å²) in [5, 5.41) is 8.70. The molecule has 1 amide bonds. The molecule has 0 saturated heterocycles. The molecule has 0 aliphatic carbocycles. The Bertz CT molecular complexity index is 1430. The minimum atomic E-state index is -0.662. The Morgan fingerprint density at radius 2 is 1.54 bits per heavy atom. The van der Waals surface area contributed by atoms with Crippen LogP contribution in [-0.2, 0) is 23.9 Å². The molecule has 3 aromatic rings. The van der Waals surface area contributed by atoms with Gasteiger partial charge < -0.3 is 20.1 Å². The van der Waals surface area contributed by atoms with Gasteiger partial charge in [0.25, 0.3) is 0 Å². The van der Waals surface area contributed by atoms with E-state index in [1.165, 1.54) is 18.3 Å². The lowest BCUT2D eigenvalue weighted by atomic mass is 9.80. The molecule has 0 atom stereocenters. The highest BCUT2D eigenvalue weighted by Crippen LogP contribution is 2.41. The monoisotopic (exact) mass is 545 g/mol. The van der Waals surface area contributed by atoms with Crippen LogP contribution in [0.2, 0.25) is 0 Å². The summed E-state index contributed by atoms with van der Waals surface area (Å²) in [5.74, 6) is -1.75. The number of dihydropyridines is 1. The van der Waals surface area contributed by atoms with Crippen molar-refractivity contribution in [1.82, 2.24) is 10.3 Å². The highest BCUT2D eigenvalue weighted by Gasteiger charge is 2.38. The predicted molar refractivity (Wildman–Crippen MR) is 152 cm³/mol. The summed E-state index contributed by atoms with van der Waals surface area (Å²) in [4.78, 5) is 42.3. The number of carbonyl (C=O) groups excluding carboxylic acids is 3. The molecule has 9 heteroatoms. The zero-order valence-corrected chi connectivity index (χ0v) is 23.4. The molecule has 2 N–H and O–H groups in total. The summed E-state index contributed by atoms with van der Waals surface area (Å²) in [6, 6.07) is 15.2. The van der Waals surface area contributed by atoms with Crippen LogP contribution in [0.5, 0.6) is 0 Å². The Morgan fingerprint density at radius 3 is 2.10 bits per heavy atom. The molecule has 1 aliphatic heterocycles. The topological polar surface area (TPSA) is 107 Å². The van der Waals surface area contributed by atoms with E-state index in [2.05, 4.69) is 10.6 Å². The molecule has 202 valence electrons. The summed E-state index contributed by atoms with van der Waals surface area (Å²) in [6.45, 7) is 9.01. The number of esters is 2. The number of nitrogens with zero attached hydrogens (tertiary/aromatic N) is 1. The van der Waals surface area contributed by atoms with Crippen LogP contribution < -0.4 is 10.6 Å². The third kappa shape index (κ3) is 6.09. The van der Waals surface area contributed by atoms with Crippen LogP contribution in [-0.4, -0.2) is 36.0 Å². The fraction of sp³-hybridized carbons (Fsp3) is 0.267. The van der Waals surface area contributed by atoms with Crippen LogP contribution in [0.4, 0.5) is 5.69 Å².